The minimum atomic E-state index is -0.110. The van der Waals surface area contributed by atoms with Gasteiger partial charge in [-0.25, -0.2) is 0 Å². The highest BCUT2D eigenvalue weighted by Crippen LogP contribution is 2.51. The molecule has 0 radical (unpaired) electrons. The summed E-state index contributed by atoms with van der Waals surface area (Å²) >= 11 is 0. The van der Waals surface area contributed by atoms with Crippen molar-refractivity contribution in [1.82, 2.24) is 9.13 Å². The van der Waals surface area contributed by atoms with E-state index in [2.05, 4.69) is 181 Å². The summed E-state index contributed by atoms with van der Waals surface area (Å²) in [6.07, 6.45) is 0. The van der Waals surface area contributed by atoms with E-state index in [1.165, 1.54) is 98.8 Å². The van der Waals surface area contributed by atoms with E-state index in [0.717, 1.165) is 0 Å². The minimum Gasteiger partial charge on any atom is -0.309 e. The Morgan fingerprint density at radius 2 is 0.878 bits per heavy atom. The molecule has 230 valence electrons. The lowest BCUT2D eigenvalue weighted by Crippen LogP contribution is -2.15. The van der Waals surface area contributed by atoms with Crippen LogP contribution in [-0.2, 0) is 5.41 Å². The Morgan fingerprint density at radius 1 is 0.347 bits per heavy atom. The van der Waals surface area contributed by atoms with Crippen molar-refractivity contribution < 1.29 is 0 Å². The Morgan fingerprint density at radius 3 is 1.63 bits per heavy atom. The maximum atomic E-state index is 2.49. The van der Waals surface area contributed by atoms with Crippen LogP contribution in [0.2, 0.25) is 0 Å². The van der Waals surface area contributed by atoms with Crippen molar-refractivity contribution in [1.29, 1.82) is 0 Å². The molecule has 0 bridgehead atoms. The topological polar surface area (TPSA) is 9.86 Å². The summed E-state index contributed by atoms with van der Waals surface area (Å²) in [4.78, 5) is 0. The zero-order valence-corrected chi connectivity index (χ0v) is 27.4. The highest BCUT2D eigenvalue weighted by molar-refractivity contribution is 6.20. The molecule has 0 N–H and O–H groups in total. The smallest absolute Gasteiger partial charge is 0.0548 e. The molecule has 0 amide bonds. The number of benzene rings is 8. The molecule has 2 heteroatoms. The summed E-state index contributed by atoms with van der Waals surface area (Å²) in [5.74, 6) is 0. The maximum absolute atomic E-state index is 2.49. The highest BCUT2D eigenvalue weighted by atomic mass is 15.0. The van der Waals surface area contributed by atoms with Crippen LogP contribution in [0, 0.1) is 0 Å². The van der Waals surface area contributed by atoms with Gasteiger partial charge in [-0.15, -0.1) is 0 Å². The number of hydrogen-bond acceptors (Lipinski definition) is 0. The molecule has 0 atom stereocenters. The summed E-state index contributed by atoms with van der Waals surface area (Å²) in [7, 11) is 0. The molecule has 10 aromatic rings. The largest absolute Gasteiger partial charge is 0.309 e. The second-order valence-electron chi connectivity index (χ2n) is 14.2. The molecular formula is C47H32N2. The van der Waals surface area contributed by atoms with E-state index in [1.807, 2.05) is 0 Å². The fraction of sp³-hybridized carbons (Fsp3) is 0.0638. The van der Waals surface area contributed by atoms with Crippen LogP contribution >= 0.6 is 0 Å². The molecule has 2 heterocycles. The minimum absolute atomic E-state index is 0.110. The molecule has 0 saturated carbocycles. The maximum Gasteiger partial charge on any atom is 0.0548 e. The van der Waals surface area contributed by atoms with E-state index < -0.39 is 0 Å². The van der Waals surface area contributed by atoms with E-state index in [0.29, 0.717) is 0 Å². The molecule has 2 aromatic heterocycles. The third-order valence-electron chi connectivity index (χ3n) is 11.2. The Balaban J connectivity index is 1.22. The predicted octanol–water partition coefficient (Wildman–Crippen LogP) is 12.5. The first-order valence-corrected chi connectivity index (χ1v) is 17.2. The van der Waals surface area contributed by atoms with Gasteiger partial charge in [-0.2, -0.15) is 0 Å². The molecule has 2 nitrogen and oxygen atoms in total. The molecule has 49 heavy (non-hydrogen) atoms. The molecule has 1 aliphatic carbocycles. The zero-order valence-electron chi connectivity index (χ0n) is 27.4. The van der Waals surface area contributed by atoms with Crippen molar-refractivity contribution in [3.8, 4) is 22.5 Å². The van der Waals surface area contributed by atoms with Crippen molar-refractivity contribution in [3.05, 3.63) is 169 Å². The quantitative estimate of drug-likeness (QED) is 0.181. The van der Waals surface area contributed by atoms with Gasteiger partial charge in [0, 0.05) is 38.3 Å². The first kappa shape index (κ1) is 26.9. The fourth-order valence-electron chi connectivity index (χ4n) is 8.85. The van der Waals surface area contributed by atoms with Gasteiger partial charge in [0.25, 0.3) is 0 Å². The third-order valence-corrected chi connectivity index (χ3v) is 11.2. The van der Waals surface area contributed by atoms with Crippen LogP contribution in [0.5, 0.6) is 0 Å². The number of rotatable bonds is 2. The first-order chi connectivity index (χ1) is 24.0. The average molecular weight is 625 g/mol. The fourth-order valence-corrected chi connectivity index (χ4v) is 8.85. The van der Waals surface area contributed by atoms with Gasteiger partial charge < -0.3 is 9.13 Å². The van der Waals surface area contributed by atoms with Gasteiger partial charge >= 0.3 is 0 Å². The molecule has 11 rings (SSSR count). The van der Waals surface area contributed by atoms with Crippen LogP contribution in [0.1, 0.15) is 25.0 Å². The molecule has 0 fully saturated rings. The number of hydrogen-bond donors (Lipinski definition) is 0. The van der Waals surface area contributed by atoms with Crippen LogP contribution in [0.15, 0.2) is 158 Å². The van der Waals surface area contributed by atoms with Crippen LogP contribution in [0.3, 0.4) is 0 Å². The number of nitrogens with zero attached hydrogens (tertiary/aromatic N) is 2. The second kappa shape index (κ2) is 9.49. The molecule has 0 aliphatic heterocycles. The summed E-state index contributed by atoms with van der Waals surface area (Å²) < 4.78 is 4.94. The highest BCUT2D eigenvalue weighted by Gasteiger charge is 2.36. The summed E-state index contributed by atoms with van der Waals surface area (Å²) in [5, 5.41) is 10.2. The SMILES string of the molecule is CC1(C)c2cc(-n3c4ccccc4c4cc5c(cc43)c3cc4ccccc4cc3n5-c3ccccc3)ccc2-c2cc3ccccc3cc21. The Hall–Kier alpha value is -6.12. The normalized spacial score (nSPS) is 13.7. The number of para-hydroxylation sites is 2. The lowest BCUT2D eigenvalue weighted by molar-refractivity contribution is 0.660. The van der Waals surface area contributed by atoms with Gasteiger partial charge in [0.15, 0.2) is 0 Å². The Labute approximate surface area is 284 Å². The third kappa shape index (κ3) is 3.61. The van der Waals surface area contributed by atoms with Crippen molar-refractivity contribution in [2.45, 2.75) is 19.3 Å². The Kier molecular flexibility index (Phi) is 5.21. The van der Waals surface area contributed by atoms with Gasteiger partial charge in [0.05, 0.1) is 22.1 Å². The van der Waals surface area contributed by atoms with E-state index >= 15 is 0 Å². The lowest BCUT2D eigenvalue weighted by Gasteiger charge is -2.22. The summed E-state index contributed by atoms with van der Waals surface area (Å²) in [5.41, 5.74) is 12.7. The molecule has 0 unspecified atom stereocenters. The number of aromatic nitrogens is 2. The first-order valence-electron chi connectivity index (χ1n) is 17.2. The van der Waals surface area contributed by atoms with E-state index in [-0.39, 0.29) is 5.41 Å². The van der Waals surface area contributed by atoms with Crippen LogP contribution in [0.25, 0.3) is 87.7 Å². The second-order valence-corrected chi connectivity index (χ2v) is 14.2. The van der Waals surface area contributed by atoms with Crippen LogP contribution in [0.4, 0.5) is 0 Å². The molecular weight excluding hydrogens is 593 g/mol. The lowest BCUT2D eigenvalue weighted by atomic mass is 9.81. The molecule has 8 aromatic carbocycles. The van der Waals surface area contributed by atoms with Crippen LogP contribution < -0.4 is 0 Å². The predicted molar refractivity (Wildman–Crippen MR) is 208 cm³/mol. The van der Waals surface area contributed by atoms with Gasteiger partial charge in [-0.1, -0.05) is 105 Å². The van der Waals surface area contributed by atoms with E-state index in [4.69, 9.17) is 0 Å². The van der Waals surface area contributed by atoms with Crippen molar-refractivity contribution >= 4 is 65.2 Å². The summed E-state index contributed by atoms with van der Waals surface area (Å²) in [6, 6.07) is 58.7. The Bertz CT molecular complexity index is 3010. The van der Waals surface area contributed by atoms with Crippen molar-refractivity contribution in [2.24, 2.45) is 0 Å². The van der Waals surface area contributed by atoms with Crippen molar-refractivity contribution in [3.63, 3.8) is 0 Å². The van der Waals surface area contributed by atoms with E-state index in [9.17, 15) is 0 Å². The zero-order chi connectivity index (χ0) is 32.4. The van der Waals surface area contributed by atoms with Crippen LogP contribution in [-0.4, -0.2) is 9.13 Å². The monoisotopic (exact) mass is 624 g/mol. The standard InChI is InChI=1S/C47H32N2/c1-47(2)41-24-31-14-8-6-12-29(31)22-37(41)35-21-20-34(26-42(35)47)49-43-19-11-10-18-36(43)39-27-46-40(28-45(39)49)38-23-30-13-7-9-15-32(30)25-44(38)48(46)33-16-4-3-5-17-33/h3-28H,1-2H3. The van der Waals surface area contributed by atoms with E-state index in [1.54, 1.807) is 0 Å². The average Bonchev–Trinajstić information content (AvgIpc) is 3.71. The van der Waals surface area contributed by atoms with Gasteiger partial charge in [-0.05, 0) is 111 Å². The molecule has 0 saturated heterocycles. The van der Waals surface area contributed by atoms with Gasteiger partial charge in [0.2, 0.25) is 0 Å². The molecule has 1 aliphatic rings. The summed E-state index contributed by atoms with van der Waals surface area (Å²) in [6.45, 7) is 4.77. The molecule has 0 spiro atoms. The van der Waals surface area contributed by atoms with Gasteiger partial charge in [0.1, 0.15) is 0 Å². The van der Waals surface area contributed by atoms with Gasteiger partial charge in [-0.3, -0.25) is 0 Å². The van der Waals surface area contributed by atoms with Crippen molar-refractivity contribution in [2.75, 3.05) is 0 Å². The number of fused-ring (bicyclic) bond motifs is 11.